The minimum atomic E-state index is 0.149. The molecule has 3 rings (SSSR count). The fourth-order valence-electron chi connectivity index (χ4n) is 2.81. The molecule has 1 heteroatoms. The molecule has 0 heterocycles. The number of hydrogen-bond acceptors (Lipinski definition) is 0. The summed E-state index contributed by atoms with van der Waals surface area (Å²) in [7, 11) is 0. The van der Waals surface area contributed by atoms with Crippen LogP contribution in [0.3, 0.4) is 0 Å². The smallest absolute Gasteiger partial charge is 0.0619 e. The van der Waals surface area contributed by atoms with Crippen LogP contribution in [0, 0.1) is 5.92 Å². The van der Waals surface area contributed by atoms with Crippen molar-refractivity contribution in [2.75, 3.05) is 0 Å². The van der Waals surface area contributed by atoms with Gasteiger partial charge < -0.3 is 0 Å². The Kier molecular flexibility index (Phi) is 3.61. The molecule has 1 aliphatic rings. The van der Waals surface area contributed by atoms with Crippen LogP contribution in [0.2, 0.25) is 0 Å². The number of halogens is 1. The fraction of sp³-hybridized carbons (Fsp3) is 0.333. The molecule has 19 heavy (non-hydrogen) atoms. The molecule has 98 valence electrons. The van der Waals surface area contributed by atoms with E-state index >= 15 is 0 Å². The van der Waals surface area contributed by atoms with Gasteiger partial charge in [0.1, 0.15) is 0 Å². The first-order chi connectivity index (χ1) is 9.29. The summed E-state index contributed by atoms with van der Waals surface area (Å²) in [5.74, 6) is 1.24. The Labute approximate surface area is 120 Å². The summed E-state index contributed by atoms with van der Waals surface area (Å²) in [5, 5.41) is 0.149. The van der Waals surface area contributed by atoms with E-state index in [1.54, 1.807) is 0 Å². The summed E-state index contributed by atoms with van der Waals surface area (Å²) in [5.41, 5.74) is 4.08. The molecule has 0 nitrogen and oxygen atoms in total. The predicted octanol–water partition coefficient (Wildman–Crippen LogP) is 5.33. The van der Waals surface area contributed by atoms with Gasteiger partial charge in [0.15, 0.2) is 0 Å². The third kappa shape index (κ3) is 2.69. The van der Waals surface area contributed by atoms with Crippen molar-refractivity contribution < 1.29 is 0 Å². The molecule has 0 spiro atoms. The first-order valence-electron chi connectivity index (χ1n) is 7.07. The molecule has 0 aliphatic heterocycles. The Hall–Kier alpha value is -1.27. The molecule has 3 atom stereocenters. The minimum Gasteiger partial charge on any atom is -0.117 e. The molecule has 1 aliphatic carbocycles. The lowest BCUT2D eigenvalue weighted by atomic mass is 10.0. The van der Waals surface area contributed by atoms with Crippen LogP contribution in [-0.2, 0) is 6.42 Å². The molecule has 3 unspecified atom stereocenters. The number of alkyl halides is 1. The number of hydrogen-bond donors (Lipinski definition) is 0. The molecule has 1 saturated carbocycles. The largest absolute Gasteiger partial charge is 0.117 e. The van der Waals surface area contributed by atoms with Gasteiger partial charge in [0, 0.05) is 0 Å². The third-order valence-corrected chi connectivity index (χ3v) is 4.73. The van der Waals surface area contributed by atoms with Gasteiger partial charge in [-0.05, 0) is 41.4 Å². The van der Waals surface area contributed by atoms with Crippen LogP contribution in [0.5, 0.6) is 0 Å². The highest BCUT2D eigenvalue weighted by Crippen LogP contribution is 2.56. The predicted molar refractivity (Wildman–Crippen MR) is 81.7 cm³/mol. The summed E-state index contributed by atoms with van der Waals surface area (Å²) in [6.45, 7) is 2.18. The van der Waals surface area contributed by atoms with Gasteiger partial charge in [0.2, 0.25) is 0 Å². The second-order valence-electron chi connectivity index (χ2n) is 5.41. The van der Waals surface area contributed by atoms with Crippen LogP contribution in [0.4, 0.5) is 0 Å². The topological polar surface area (TPSA) is 0 Å². The number of aryl methyl sites for hydroxylation is 1. The van der Waals surface area contributed by atoms with Gasteiger partial charge in [-0.3, -0.25) is 0 Å². The van der Waals surface area contributed by atoms with Crippen molar-refractivity contribution in [2.24, 2.45) is 5.92 Å². The van der Waals surface area contributed by atoms with Gasteiger partial charge in [0.25, 0.3) is 0 Å². The van der Waals surface area contributed by atoms with E-state index in [4.69, 9.17) is 11.6 Å². The SMILES string of the molecule is CCc1ccc(C(Cl)C2CC2c2ccccc2)cc1. The van der Waals surface area contributed by atoms with Gasteiger partial charge >= 0.3 is 0 Å². The van der Waals surface area contributed by atoms with Crippen LogP contribution in [0.25, 0.3) is 0 Å². The highest BCUT2D eigenvalue weighted by Gasteiger charge is 2.43. The zero-order chi connectivity index (χ0) is 13.2. The Morgan fingerprint density at radius 2 is 1.74 bits per heavy atom. The molecule has 0 amide bonds. The molecule has 2 aromatic carbocycles. The Bertz CT molecular complexity index is 529. The third-order valence-electron chi connectivity index (χ3n) is 4.15. The van der Waals surface area contributed by atoms with Crippen molar-refractivity contribution in [3.05, 3.63) is 71.3 Å². The molecule has 0 N–H and O–H groups in total. The average Bonchev–Trinajstić information content (AvgIpc) is 3.28. The van der Waals surface area contributed by atoms with Crippen LogP contribution >= 0.6 is 11.6 Å². The van der Waals surface area contributed by atoms with E-state index in [1.807, 2.05) is 0 Å². The van der Waals surface area contributed by atoms with Gasteiger partial charge in [-0.1, -0.05) is 61.5 Å². The first kappa shape index (κ1) is 12.7. The summed E-state index contributed by atoms with van der Waals surface area (Å²) in [6.07, 6.45) is 2.30. The zero-order valence-corrected chi connectivity index (χ0v) is 12.0. The Morgan fingerprint density at radius 1 is 1.05 bits per heavy atom. The van der Waals surface area contributed by atoms with E-state index in [0.29, 0.717) is 11.8 Å². The molecule has 0 radical (unpaired) electrons. The van der Waals surface area contributed by atoms with E-state index in [2.05, 4.69) is 61.5 Å². The van der Waals surface area contributed by atoms with Crippen molar-refractivity contribution >= 4 is 11.6 Å². The van der Waals surface area contributed by atoms with E-state index in [1.165, 1.54) is 23.1 Å². The lowest BCUT2D eigenvalue weighted by molar-refractivity contribution is 0.764. The quantitative estimate of drug-likeness (QED) is 0.659. The molecule has 0 aromatic heterocycles. The molecule has 2 aromatic rings. The molecule has 0 saturated heterocycles. The van der Waals surface area contributed by atoms with Crippen molar-refractivity contribution in [3.8, 4) is 0 Å². The van der Waals surface area contributed by atoms with E-state index in [9.17, 15) is 0 Å². The maximum Gasteiger partial charge on any atom is 0.0619 e. The number of benzene rings is 2. The van der Waals surface area contributed by atoms with Crippen molar-refractivity contribution in [1.29, 1.82) is 0 Å². The highest BCUT2D eigenvalue weighted by atomic mass is 35.5. The maximum atomic E-state index is 6.64. The van der Waals surface area contributed by atoms with Crippen molar-refractivity contribution in [2.45, 2.75) is 31.1 Å². The van der Waals surface area contributed by atoms with E-state index < -0.39 is 0 Å². The molecule has 1 fully saturated rings. The molecular formula is C18H19Cl. The maximum absolute atomic E-state index is 6.64. The lowest BCUT2D eigenvalue weighted by Crippen LogP contribution is -1.95. The standard InChI is InChI=1S/C18H19Cl/c1-2-13-8-10-15(11-9-13)18(19)17-12-16(17)14-6-4-3-5-7-14/h3-11,16-18H,2,12H2,1H3. The van der Waals surface area contributed by atoms with Crippen LogP contribution in [0.1, 0.15) is 41.3 Å². The second-order valence-corrected chi connectivity index (χ2v) is 5.88. The van der Waals surface area contributed by atoms with Crippen molar-refractivity contribution in [1.82, 2.24) is 0 Å². The lowest BCUT2D eigenvalue weighted by Gasteiger charge is -2.10. The summed E-state index contributed by atoms with van der Waals surface area (Å²) < 4.78 is 0. The molecule has 0 bridgehead atoms. The number of rotatable bonds is 4. The highest BCUT2D eigenvalue weighted by molar-refractivity contribution is 6.21. The van der Waals surface area contributed by atoms with Gasteiger partial charge in [-0.2, -0.15) is 0 Å². The Balaban J connectivity index is 1.70. The van der Waals surface area contributed by atoms with Crippen LogP contribution in [-0.4, -0.2) is 0 Å². The first-order valence-corrected chi connectivity index (χ1v) is 7.51. The van der Waals surface area contributed by atoms with Crippen molar-refractivity contribution in [3.63, 3.8) is 0 Å². The zero-order valence-electron chi connectivity index (χ0n) is 11.2. The van der Waals surface area contributed by atoms with E-state index in [0.717, 1.165) is 6.42 Å². The van der Waals surface area contributed by atoms with Gasteiger partial charge in [0.05, 0.1) is 5.38 Å². The normalized spacial score (nSPS) is 23.1. The summed E-state index contributed by atoms with van der Waals surface area (Å²) in [6, 6.07) is 19.5. The van der Waals surface area contributed by atoms with Crippen LogP contribution in [0.15, 0.2) is 54.6 Å². The Morgan fingerprint density at radius 3 is 2.37 bits per heavy atom. The van der Waals surface area contributed by atoms with E-state index in [-0.39, 0.29) is 5.38 Å². The summed E-state index contributed by atoms with van der Waals surface area (Å²) in [4.78, 5) is 0. The van der Waals surface area contributed by atoms with Gasteiger partial charge in [-0.25, -0.2) is 0 Å². The second kappa shape index (κ2) is 5.38. The average molecular weight is 271 g/mol. The van der Waals surface area contributed by atoms with Crippen LogP contribution < -0.4 is 0 Å². The summed E-state index contributed by atoms with van der Waals surface area (Å²) >= 11 is 6.64. The molecular weight excluding hydrogens is 252 g/mol. The minimum absolute atomic E-state index is 0.149. The van der Waals surface area contributed by atoms with Gasteiger partial charge in [-0.15, -0.1) is 11.6 Å². The fourth-order valence-corrected chi connectivity index (χ4v) is 3.23. The monoisotopic (exact) mass is 270 g/mol.